The van der Waals surface area contributed by atoms with Gasteiger partial charge in [-0.2, -0.15) is 11.8 Å². The van der Waals surface area contributed by atoms with E-state index >= 15 is 0 Å². The van der Waals surface area contributed by atoms with Crippen LogP contribution in [0.2, 0.25) is 0 Å². The van der Waals surface area contributed by atoms with Gasteiger partial charge in [0.05, 0.1) is 5.56 Å². The molecule has 1 fully saturated rings. The van der Waals surface area contributed by atoms with Crippen LogP contribution >= 0.6 is 11.8 Å². The molecule has 4 nitrogen and oxygen atoms in total. The van der Waals surface area contributed by atoms with Gasteiger partial charge in [0.15, 0.2) is 0 Å². The number of aromatic nitrogens is 1. The molecule has 92 valence electrons. The summed E-state index contributed by atoms with van der Waals surface area (Å²) >= 11 is 1.90. The van der Waals surface area contributed by atoms with Gasteiger partial charge in [0.2, 0.25) is 0 Å². The summed E-state index contributed by atoms with van der Waals surface area (Å²) in [5, 5.41) is 0. The molecule has 0 aromatic carbocycles. The molecule has 2 N–H and O–H groups in total. The van der Waals surface area contributed by atoms with E-state index in [2.05, 4.69) is 4.98 Å². The van der Waals surface area contributed by atoms with Crippen LogP contribution in [-0.2, 0) is 0 Å². The molecule has 1 aromatic rings. The number of pyridine rings is 1. The molecule has 1 saturated heterocycles. The van der Waals surface area contributed by atoms with Gasteiger partial charge in [0.1, 0.15) is 0 Å². The van der Waals surface area contributed by atoms with E-state index in [0.29, 0.717) is 11.3 Å². The van der Waals surface area contributed by atoms with Gasteiger partial charge in [-0.3, -0.25) is 9.78 Å². The van der Waals surface area contributed by atoms with E-state index < -0.39 is 0 Å². The fraction of sp³-hybridized carbons (Fsp3) is 0.500. The largest absolute Gasteiger partial charge is 0.398 e. The van der Waals surface area contributed by atoms with Crippen molar-refractivity contribution in [1.82, 2.24) is 9.88 Å². The fourth-order valence-electron chi connectivity index (χ4n) is 1.88. The van der Waals surface area contributed by atoms with Gasteiger partial charge >= 0.3 is 0 Å². The first-order chi connectivity index (χ1) is 8.18. The van der Waals surface area contributed by atoms with Crippen LogP contribution in [0.4, 0.5) is 5.69 Å². The molecule has 0 radical (unpaired) electrons. The van der Waals surface area contributed by atoms with Crippen molar-refractivity contribution in [2.75, 3.05) is 30.3 Å². The van der Waals surface area contributed by atoms with E-state index in [1.54, 1.807) is 12.3 Å². The van der Waals surface area contributed by atoms with Crippen LogP contribution < -0.4 is 5.73 Å². The van der Waals surface area contributed by atoms with Crippen LogP contribution in [0.25, 0.3) is 0 Å². The van der Waals surface area contributed by atoms with Crippen LogP contribution in [-0.4, -0.2) is 40.4 Å². The molecule has 5 heteroatoms. The number of aryl methyl sites for hydroxylation is 1. The minimum atomic E-state index is 0.0116. The molecule has 0 atom stereocenters. The summed E-state index contributed by atoms with van der Waals surface area (Å²) in [6.07, 6.45) is 2.64. The molecular weight excluding hydrogens is 234 g/mol. The smallest absolute Gasteiger partial charge is 0.257 e. The highest BCUT2D eigenvalue weighted by molar-refractivity contribution is 7.99. The maximum absolute atomic E-state index is 12.3. The van der Waals surface area contributed by atoms with Crippen LogP contribution in [0.15, 0.2) is 12.3 Å². The molecule has 1 aliphatic heterocycles. The summed E-state index contributed by atoms with van der Waals surface area (Å²) in [5.74, 6) is 2.15. The van der Waals surface area contributed by atoms with Crippen molar-refractivity contribution in [3.63, 3.8) is 0 Å². The molecule has 17 heavy (non-hydrogen) atoms. The summed E-state index contributed by atoms with van der Waals surface area (Å²) in [4.78, 5) is 18.3. The van der Waals surface area contributed by atoms with Gasteiger partial charge in [-0.25, -0.2) is 0 Å². The Labute approximate surface area is 106 Å². The highest BCUT2D eigenvalue weighted by Crippen LogP contribution is 2.17. The third-order valence-electron chi connectivity index (χ3n) is 2.81. The average Bonchev–Trinajstić information content (AvgIpc) is 2.56. The lowest BCUT2D eigenvalue weighted by molar-refractivity contribution is 0.0769. The fourth-order valence-corrected chi connectivity index (χ4v) is 2.77. The predicted molar refractivity (Wildman–Crippen MR) is 71.2 cm³/mol. The summed E-state index contributed by atoms with van der Waals surface area (Å²) in [5.41, 5.74) is 7.77. The number of nitrogens with two attached hydrogens (primary N) is 1. The summed E-state index contributed by atoms with van der Waals surface area (Å²) in [6, 6.07) is 1.75. The first-order valence-electron chi connectivity index (χ1n) is 5.77. The number of amides is 1. The molecule has 0 spiro atoms. The molecule has 0 aliphatic carbocycles. The third kappa shape index (κ3) is 2.91. The molecule has 2 rings (SSSR count). The number of thioether (sulfide) groups is 1. The second-order valence-electron chi connectivity index (χ2n) is 4.17. The topological polar surface area (TPSA) is 59.2 Å². The Morgan fingerprint density at radius 3 is 3.06 bits per heavy atom. The van der Waals surface area contributed by atoms with Crippen molar-refractivity contribution >= 4 is 23.4 Å². The van der Waals surface area contributed by atoms with Gasteiger partial charge in [-0.05, 0) is 25.2 Å². The van der Waals surface area contributed by atoms with Gasteiger partial charge in [-0.15, -0.1) is 0 Å². The Balaban J connectivity index is 2.17. The van der Waals surface area contributed by atoms with Crippen molar-refractivity contribution in [3.8, 4) is 0 Å². The van der Waals surface area contributed by atoms with Crippen molar-refractivity contribution in [2.24, 2.45) is 0 Å². The van der Waals surface area contributed by atoms with E-state index in [0.717, 1.165) is 36.7 Å². The number of hydrogen-bond acceptors (Lipinski definition) is 4. The Morgan fingerprint density at radius 2 is 2.29 bits per heavy atom. The Morgan fingerprint density at radius 1 is 1.47 bits per heavy atom. The Hall–Kier alpha value is -1.23. The molecule has 1 aliphatic rings. The van der Waals surface area contributed by atoms with Gasteiger partial charge in [0.25, 0.3) is 5.91 Å². The van der Waals surface area contributed by atoms with Crippen molar-refractivity contribution in [1.29, 1.82) is 0 Å². The minimum Gasteiger partial charge on any atom is -0.398 e. The van der Waals surface area contributed by atoms with Crippen LogP contribution in [0.5, 0.6) is 0 Å². The zero-order chi connectivity index (χ0) is 12.3. The number of nitrogen functional groups attached to an aromatic ring is 1. The maximum atomic E-state index is 12.3. The second-order valence-corrected chi connectivity index (χ2v) is 5.40. The number of nitrogens with zero attached hydrogens (tertiary/aromatic N) is 2. The summed E-state index contributed by atoms with van der Waals surface area (Å²) < 4.78 is 0. The lowest BCUT2D eigenvalue weighted by Crippen LogP contribution is -2.33. The van der Waals surface area contributed by atoms with Crippen LogP contribution in [0, 0.1) is 6.92 Å². The minimum absolute atomic E-state index is 0.0116. The zero-order valence-corrected chi connectivity index (χ0v) is 10.8. The van der Waals surface area contributed by atoms with E-state index in [-0.39, 0.29) is 5.91 Å². The van der Waals surface area contributed by atoms with E-state index in [1.807, 2.05) is 23.6 Å². The molecule has 1 amide bonds. The van der Waals surface area contributed by atoms with Crippen molar-refractivity contribution in [3.05, 3.63) is 23.5 Å². The first kappa shape index (κ1) is 12.2. The molecule has 1 aromatic heterocycles. The number of carbonyl (C=O) groups is 1. The summed E-state index contributed by atoms with van der Waals surface area (Å²) in [7, 11) is 0. The SMILES string of the molecule is Cc1cc(N)c(C(=O)N2CCCSCC2)cn1. The average molecular weight is 251 g/mol. The zero-order valence-electron chi connectivity index (χ0n) is 9.98. The van der Waals surface area contributed by atoms with E-state index in [4.69, 9.17) is 5.73 Å². The quantitative estimate of drug-likeness (QED) is 0.822. The number of rotatable bonds is 1. The van der Waals surface area contributed by atoms with Crippen molar-refractivity contribution in [2.45, 2.75) is 13.3 Å². The van der Waals surface area contributed by atoms with Crippen LogP contribution in [0.1, 0.15) is 22.5 Å². The maximum Gasteiger partial charge on any atom is 0.257 e. The monoisotopic (exact) mass is 251 g/mol. The van der Waals surface area contributed by atoms with Crippen LogP contribution in [0.3, 0.4) is 0 Å². The highest BCUT2D eigenvalue weighted by Gasteiger charge is 2.19. The van der Waals surface area contributed by atoms with Crippen molar-refractivity contribution < 1.29 is 4.79 Å². The summed E-state index contributed by atoms with van der Waals surface area (Å²) in [6.45, 7) is 3.49. The second kappa shape index (κ2) is 5.40. The normalized spacial score (nSPS) is 16.6. The number of hydrogen-bond donors (Lipinski definition) is 1. The Bertz CT molecular complexity index is 414. The van der Waals surface area contributed by atoms with E-state index in [1.165, 1.54) is 0 Å². The standard InChI is InChI=1S/C12H17N3OS/c1-9-7-11(13)10(8-14-9)12(16)15-3-2-5-17-6-4-15/h7-8H,2-6H2,1H3,(H2,13,14). The predicted octanol–water partition coefficient (Wildman–Crippen LogP) is 1.55. The van der Waals surface area contributed by atoms with Gasteiger partial charge < -0.3 is 10.6 Å². The molecule has 0 unspecified atom stereocenters. The molecule has 2 heterocycles. The number of carbonyl (C=O) groups excluding carboxylic acids is 1. The third-order valence-corrected chi connectivity index (χ3v) is 3.86. The lowest BCUT2D eigenvalue weighted by atomic mass is 10.2. The van der Waals surface area contributed by atoms with E-state index in [9.17, 15) is 4.79 Å². The first-order valence-corrected chi connectivity index (χ1v) is 6.93. The lowest BCUT2D eigenvalue weighted by Gasteiger charge is -2.20. The highest BCUT2D eigenvalue weighted by atomic mass is 32.2. The van der Waals surface area contributed by atoms with Gasteiger partial charge in [-0.1, -0.05) is 0 Å². The molecular formula is C12H17N3OS. The number of anilines is 1. The molecule has 0 bridgehead atoms. The van der Waals surface area contributed by atoms with Gasteiger partial charge in [0, 0.05) is 36.4 Å². The molecule has 0 saturated carbocycles. The Kier molecular flexibility index (Phi) is 3.89.